The van der Waals surface area contributed by atoms with Crippen LogP contribution < -0.4 is 10.0 Å². The average Bonchev–Trinajstić information content (AvgIpc) is 3.16. The number of hydrogen-bond donors (Lipinski definition) is 2. The molecule has 0 radical (unpaired) electrons. The van der Waals surface area contributed by atoms with E-state index in [4.69, 9.17) is 0 Å². The average molecular weight is 384 g/mol. The highest BCUT2D eigenvalue weighted by atomic mass is 32.2. The number of benzene rings is 2. The molecule has 0 saturated heterocycles. The molecule has 3 rings (SSSR count). The maximum absolute atomic E-state index is 12.4. The van der Waals surface area contributed by atoms with Gasteiger partial charge in [-0.1, -0.05) is 24.3 Å². The molecule has 0 bridgehead atoms. The predicted molar refractivity (Wildman–Crippen MR) is 104 cm³/mol. The van der Waals surface area contributed by atoms with Crippen molar-refractivity contribution in [2.75, 3.05) is 10.5 Å². The lowest BCUT2D eigenvalue weighted by molar-refractivity contribution is 0.0951. The van der Waals surface area contributed by atoms with Crippen molar-refractivity contribution in [1.82, 2.24) is 15.1 Å². The van der Waals surface area contributed by atoms with E-state index in [1.807, 2.05) is 36.5 Å². The number of hydrogen-bond acceptors (Lipinski definition) is 4. The summed E-state index contributed by atoms with van der Waals surface area (Å²) < 4.78 is 27.5. The van der Waals surface area contributed by atoms with Crippen LogP contribution in [0.5, 0.6) is 0 Å². The molecule has 2 N–H and O–H groups in total. The van der Waals surface area contributed by atoms with Gasteiger partial charge >= 0.3 is 0 Å². The highest BCUT2D eigenvalue weighted by Gasteiger charge is 2.10. The fourth-order valence-corrected chi connectivity index (χ4v) is 3.06. The van der Waals surface area contributed by atoms with Crippen LogP contribution in [0.2, 0.25) is 0 Å². The first kappa shape index (κ1) is 18.7. The summed E-state index contributed by atoms with van der Waals surface area (Å²) in [6, 6.07) is 16.1. The molecule has 0 spiro atoms. The number of para-hydroxylation sites is 1. The lowest BCUT2D eigenvalue weighted by Gasteiger charge is -2.08. The van der Waals surface area contributed by atoms with Crippen LogP contribution in [0, 0.1) is 0 Å². The normalized spacial score (nSPS) is 11.1. The number of carbonyl (C=O) groups is 1. The molecular weight excluding hydrogens is 364 g/mol. The van der Waals surface area contributed by atoms with Crippen LogP contribution >= 0.6 is 0 Å². The Morgan fingerprint density at radius 1 is 1.11 bits per heavy atom. The summed E-state index contributed by atoms with van der Waals surface area (Å²) in [5, 5.41) is 7.10. The van der Waals surface area contributed by atoms with Crippen LogP contribution in [0.1, 0.15) is 22.8 Å². The van der Waals surface area contributed by atoms with Gasteiger partial charge in [-0.3, -0.25) is 9.52 Å². The number of nitrogens with one attached hydrogen (secondary N) is 2. The molecule has 3 aromatic rings. The molecule has 0 saturated carbocycles. The number of sulfonamides is 1. The SMILES string of the molecule is CCS(=O)(=O)Nc1cccc(C(=O)NCc2cnn(-c3ccccc3)c2)c1. The van der Waals surface area contributed by atoms with Crippen LogP contribution in [-0.2, 0) is 16.6 Å². The monoisotopic (exact) mass is 384 g/mol. The summed E-state index contributed by atoms with van der Waals surface area (Å²) in [7, 11) is -3.39. The van der Waals surface area contributed by atoms with Gasteiger partial charge in [0.25, 0.3) is 5.91 Å². The molecule has 1 heterocycles. The third kappa shape index (κ3) is 4.95. The minimum absolute atomic E-state index is 0.0329. The van der Waals surface area contributed by atoms with Crippen molar-refractivity contribution in [3.8, 4) is 5.69 Å². The maximum Gasteiger partial charge on any atom is 0.251 e. The van der Waals surface area contributed by atoms with Gasteiger partial charge in [0.1, 0.15) is 0 Å². The molecule has 0 aliphatic carbocycles. The van der Waals surface area contributed by atoms with Crippen molar-refractivity contribution in [2.24, 2.45) is 0 Å². The summed E-state index contributed by atoms with van der Waals surface area (Å²) in [4.78, 5) is 12.4. The van der Waals surface area contributed by atoms with Gasteiger partial charge in [-0.15, -0.1) is 0 Å². The Morgan fingerprint density at radius 3 is 2.63 bits per heavy atom. The van der Waals surface area contributed by atoms with E-state index >= 15 is 0 Å². The van der Waals surface area contributed by atoms with Crippen molar-refractivity contribution >= 4 is 21.6 Å². The topological polar surface area (TPSA) is 93.1 Å². The molecule has 1 amide bonds. The summed E-state index contributed by atoms with van der Waals surface area (Å²) in [5.41, 5.74) is 2.53. The lowest BCUT2D eigenvalue weighted by atomic mass is 10.2. The predicted octanol–water partition coefficient (Wildman–Crippen LogP) is 2.56. The van der Waals surface area contributed by atoms with Gasteiger partial charge in [-0.25, -0.2) is 13.1 Å². The van der Waals surface area contributed by atoms with Gasteiger partial charge in [0.15, 0.2) is 0 Å². The molecule has 0 aliphatic heterocycles. The fourth-order valence-electron chi connectivity index (χ4n) is 2.43. The summed E-state index contributed by atoms with van der Waals surface area (Å²) in [6.45, 7) is 1.87. The van der Waals surface area contributed by atoms with Crippen LogP contribution in [0.4, 0.5) is 5.69 Å². The minimum atomic E-state index is -3.39. The Bertz CT molecular complexity index is 1030. The van der Waals surface area contributed by atoms with E-state index in [0.717, 1.165) is 11.3 Å². The molecule has 0 atom stereocenters. The van der Waals surface area contributed by atoms with Crippen molar-refractivity contribution in [2.45, 2.75) is 13.5 Å². The van der Waals surface area contributed by atoms with Crippen LogP contribution in [-0.4, -0.2) is 29.9 Å². The van der Waals surface area contributed by atoms with Crippen LogP contribution in [0.3, 0.4) is 0 Å². The molecule has 0 unspecified atom stereocenters. The number of carbonyl (C=O) groups excluding carboxylic acids is 1. The quantitative estimate of drug-likeness (QED) is 0.655. The van der Waals surface area contributed by atoms with Crippen molar-refractivity contribution in [3.05, 3.63) is 78.1 Å². The minimum Gasteiger partial charge on any atom is -0.348 e. The van der Waals surface area contributed by atoms with E-state index in [9.17, 15) is 13.2 Å². The van der Waals surface area contributed by atoms with Crippen LogP contribution in [0.15, 0.2) is 67.0 Å². The molecule has 8 heteroatoms. The van der Waals surface area contributed by atoms with Gasteiger partial charge in [-0.2, -0.15) is 5.10 Å². The molecule has 140 valence electrons. The Morgan fingerprint density at radius 2 is 1.89 bits per heavy atom. The second-order valence-electron chi connectivity index (χ2n) is 5.90. The summed E-state index contributed by atoms with van der Waals surface area (Å²) in [6.07, 6.45) is 3.54. The molecule has 0 aliphatic rings. The zero-order chi connectivity index (χ0) is 19.3. The summed E-state index contributed by atoms with van der Waals surface area (Å²) >= 11 is 0. The molecule has 7 nitrogen and oxygen atoms in total. The van der Waals surface area contributed by atoms with Crippen molar-refractivity contribution in [1.29, 1.82) is 0 Å². The molecule has 1 aromatic heterocycles. The Balaban J connectivity index is 1.64. The molecule has 2 aromatic carbocycles. The first-order chi connectivity index (χ1) is 13.0. The second kappa shape index (κ2) is 8.05. The highest BCUT2D eigenvalue weighted by molar-refractivity contribution is 7.92. The first-order valence-electron chi connectivity index (χ1n) is 8.44. The zero-order valence-electron chi connectivity index (χ0n) is 14.8. The van der Waals surface area contributed by atoms with Crippen molar-refractivity contribution < 1.29 is 13.2 Å². The van der Waals surface area contributed by atoms with Gasteiger partial charge in [0.05, 0.1) is 17.6 Å². The van der Waals surface area contributed by atoms with Gasteiger partial charge in [0.2, 0.25) is 10.0 Å². The Hall–Kier alpha value is -3.13. The van der Waals surface area contributed by atoms with E-state index in [1.54, 1.807) is 36.0 Å². The van der Waals surface area contributed by atoms with E-state index in [1.165, 1.54) is 6.07 Å². The Kier molecular flexibility index (Phi) is 5.56. The largest absolute Gasteiger partial charge is 0.348 e. The first-order valence-corrected chi connectivity index (χ1v) is 10.1. The molecule has 0 fully saturated rings. The third-order valence-electron chi connectivity index (χ3n) is 3.89. The number of rotatable bonds is 7. The fraction of sp³-hybridized carbons (Fsp3) is 0.158. The number of anilines is 1. The Labute approximate surface area is 158 Å². The van der Waals surface area contributed by atoms with Gasteiger partial charge < -0.3 is 5.32 Å². The lowest BCUT2D eigenvalue weighted by Crippen LogP contribution is -2.23. The second-order valence-corrected chi connectivity index (χ2v) is 7.91. The standard InChI is InChI=1S/C19H20N4O3S/c1-2-27(25,26)22-17-8-6-7-16(11-17)19(24)20-12-15-13-21-23(14-15)18-9-4-3-5-10-18/h3-11,13-14,22H,2,12H2,1H3,(H,20,24). The zero-order valence-corrected chi connectivity index (χ0v) is 15.6. The highest BCUT2D eigenvalue weighted by Crippen LogP contribution is 2.13. The molecular formula is C19H20N4O3S. The summed E-state index contributed by atoms with van der Waals surface area (Å²) in [5.74, 6) is -0.325. The van der Waals surface area contributed by atoms with Gasteiger partial charge in [0, 0.05) is 29.6 Å². The maximum atomic E-state index is 12.4. The van der Waals surface area contributed by atoms with E-state index < -0.39 is 10.0 Å². The van der Waals surface area contributed by atoms with Crippen molar-refractivity contribution in [3.63, 3.8) is 0 Å². The van der Waals surface area contributed by atoms with Gasteiger partial charge in [-0.05, 0) is 37.3 Å². The van der Waals surface area contributed by atoms with E-state index in [0.29, 0.717) is 17.8 Å². The van der Waals surface area contributed by atoms with E-state index in [2.05, 4.69) is 15.1 Å². The molecule has 27 heavy (non-hydrogen) atoms. The number of amides is 1. The van der Waals surface area contributed by atoms with E-state index in [-0.39, 0.29) is 11.7 Å². The third-order valence-corrected chi connectivity index (χ3v) is 5.19. The van der Waals surface area contributed by atoms with Crippen LogP contribution in [0.25, 0.3) is 5.69 Å². The number of nitrogens with zero attached hydrogens (tertiary/aromatic N) is 2. The smallest absolute Gasteiger partial charge is 0.251 e. The number of aromatic nitrogens is 2.